The third-order valence-corrected chi connectivity index (χ3v) is 3.23. The second-order valence-electron chi connectivity index (χ2n) is 4.11. The lowest BCUT2D eigenvalue weighted by Crippen LogP contribution is -2.23. The van der Waals surface area contributed by atoms with Crippen molar-refractivity contribution in [2.75, 3.05) is 12.4 Å². The standard InChI is InChI=1S/C14H13Cl2N3O/c1-17-13-6-11(12(16)8-18-13)14(20)19-7-9-3-2-4-10(15)5-9/h2-6,8H,7H2,1H3,(H,17,18)(H,19,20). The Kier molecular flexibility index (Phi) is 4.82. The predicted molar refractivity (Wildman–Crippen MR) is 81.4 cm³/mol. The summed E-state index contributed by atoms with van der Waals surface area (Å²) in [4.78, 5) is 16.1. The third kappa shape index (κ3) is 3.62. The molecule has 0 bridgehead atoms. The molecule has 1 aromatic heterocycles. The number of pyridine rings is 1. The van der Waals surface area contributed by atoms with Crippen LogP contribution in [0.5, 0.6) is 0 Å². The molecule has 20 heavy (non-hydrogen) atoms. The van der Waals surface area contributed by atoms with Crippen LogP contribution in [-0.4, -0.2) is 17.9 Å². The summed E-state index contributed by atoms with van der Waals surface area (Å²) < 4.78 is 0. The molecular weight excluding hydrogens is 297 g/mol. The molecule has 0 saturated heterocycles. The smallest absolute Gasteiger partial charge is 0.253 e. The minimum Gasteiger partial charge on any atom is -0.373 e. The second kappa shape index (κ2) is 6.59. The van der Waals surface area contributed by atoms with Gasteiger partial charge in [0.15, 0.2) is 0 Å². The van der Waals surface area contributed by atoms with Crippen molar-refractivity contribution in [3.8, 4) is 0 Å². The number of nitrogens with zero attached hydrogens (tertiary/aromatic N) is 1. The van der Waals surface area contributed by atoms with Gasteiger partial charge in [-0.1, -0.05) is 35.3 Å². The van der Waals surface area contributed by atoms with Crippen LogP contribution in [0.15, 0.2) is 36.5 Å². The van der Waals surface area contributed by atoms with Gasteiger partial charge in [-0.3, -0.25) is 4.79 Å². The highest BCUT2D eigenvalue weighted by molar-refractivity contribution is 6.33. The fourth-order valence-electron chi connectivity index (χ4n) is 1.67. The number of halogens is 2. The van der Waals surface area contributed by atoms with E-state index < -0.39 is 0 Å². The summed E-state index contributed by atoms with van der Waals surface area (Å²) in [5, 5.41) is 6.61. The van der Waals surface area contributed by atoms with E-state index in [1.165, 1.54) is 6.20 Å². The molecule has 0 atom stereocenters. The van der Waals surface area contributed by atoms with Crippen molar-refractivity contribution in [1.82, 2.24) is 10.3 Å². The Labute approximate surface area is 127 Å². The van der Waals surface area contributed by atoms with Crippen molar-refractivity contribution in [3.05, 3.63) is 57.7 Å². The summed E-state index contributed by atoms with van der Waals surface area (Å²) in [5.74, 6) is 0.330. The van der Waals surface area contributed by atoms with E-state index in [0.717, 1.165) is 5.56 Å². The van der Waals surface area contributed by atoms with Crippen LogP contribution in [0.3, 0.4) is 0 Å². The van der Waals surface area contributed by atoms with Crippen molar-refractivity contribution >= 4 is 34.9 Å². The summed E-state index contributed by atoms with van der Waals surface area (Å²) in [6, 6.07) is 8.91. The van der Waals surface area contributed by atoms with E-state index in [1.54, 1.807) is 25.2 Å². The molecule has 6 heteroatoms. The van der Waals surface area contributed by atoms with Crippen LogP contribution in [0.2, 0.25) is 10.0 Å². The molecule has 1 heterocycles. The van der Waals surface area contributed by atoms with Gasteiger partial charge in [-0.15, -0.1) is 0 Å². The first-order valence-electron chi connectivity index (χ1n) is 5.96. The zero-order chi connectivity index (χ0) is 14.5. The van der Waals surface area contributed by atoms with Crippen molar-refractivity contribution in [1.29, 1.82) is 0 Å². The van der Waals surface area contributed by atoms with Gasteiger partial charge in [0.05, 0.1) is 10.6 Å². The van der Waals surface area contributed by atoms with Gasteiger partial charge >= 0.3 is 0 Å². The van der Waals surface area contributed by atoms with Crippen LogP contribution in [0, 0.1) is 0 Å². The number of nitrogens with one attached hydrogen (secondary N) is 2. The fourth-order valence-corrected chi connectivity index (χ4v) is 2.08. The number of rotatable bonds is 4. The number of hydrogen-bond donors (Lipinski definition) is 2. The summed E-state index contributed by atoms with van der Waals surface area (Å²) in [7, 11) is 1.73. The van der Waals surface area contributed by atoms with Gasteiger partial charge in [-0.05, 0) is 23.8 Å². The van der Waals surface area contributed by atoms with Crippen molar-refractivity contribution in [2.24, 2.45) is 0 Å². The van der Waals surface area contributed by atoms with Gasteiger partial charge in [0.25, 0.3) is 5.91 Å². The van der Waals surface area contributed by atoms with Crippen LogP contribution in [-0.2, 0) is 6.54 Å². The van der Waals surface area contributed by atoms with Crippen LogP contribution in [0.4, 0.5) is 5.82 Å². The highest BCUT2D eigenvalue weighted by atomic mass is 35.5. The van der Waals surface area contributed by atoms with Crippen LogP contribution in [0.25, 0.3) is 0 Å². The maximum atomic E-state index is 12.1. The molecule has 0 unspecified atom stereocenters. The molecule has 2 aromatic rings. The largest absolute Gasteiger partial charge is 0.373 e. The molecule has 104 valence electrons. The molecule has 0 aliphatic heterocycles. The molecule has 0 aliphatic carbocycles. The number of amides is 1. The molecular formula is C14H13Cl2N3O. The Hall–Kier alpha value is -1.78. The molecule has 2 rings (SSSR count). The van der Waals surface area contributed by atoms with Crippen molar-refractivity contribution < 1.29 is 4.79 Å². The number of benzene rings is 1. The molecule has 1 aromatic carbocycles. The van der Waals surface area contributed by atoms with Crippen LogP contribution in [0.1, 0.15) is 15.9 Å². The Bertz CT molecular complexity index is 632. The van der Waals surface area contributed by atoms with Gasteiger partial charge in [-0.2, -0.15) is 0 Å². The summed E-state index contributed by atoms with van der Waals surface area (Å²) in [5.41, 5.74) is 1.30. The maximum absolute atomic E-state index is 12.1. The topological polar surface area (TPSA) is 54.0 Å². The van der Waals surface area contributed by atoms with Crippen LogP contribution < -0.4 is 10.6 Å². The summed E-state index contributed by atoms with van der Waals surface area (Å²) in [6.45, 7) is 0.382. The first kappa shape index (κ1) is 14.6. The number of carbonyl (C=O) groups is 1. The molecule has 0 radical (unpaired) electrons. The molecule has 0 aliphatic rings. The average Bonchev–Trinajstić information content (AvgIpc) is 2.45. The van der Waals surface area contributed by atoms with E-state index >= 15 is 0 Å². The van der Waals surface area contributed by atoms with E-state index in [9.17, 15) is 4.79 Å². The summed E-state index contributed by atoms with van der Waals surface area (Å²) >= 11 is 11.9. The highest BCUT2D eigenvalue weighted by Gasteiger charge is 2.11. The number of anilines is 1. The quantitative estimate of drug-likeness (QED) is 0.910. The first-order valence-corrected chi connectivity index (χ1v) is 6.71. The maximum Gasteiger partial charge on any atom is 0.253 e. The third-order valence-electron chi connectivity index (χ3n) is 2.70. The van der Waals surface area contributed by atoms with Gasteiger partial charge in [0.1, 0.15) is 5.82 Å². The van der Waals surface area contributed by atoms with Gasteiger partial charge in [0, 0.05) is 24.8 Å². The number of aromatic nitrogens is 1. The molecule has 2 N–H and O–H groups in total. The minimum absolute atomic E-state index is 0.256. The van der Waals surface area contributed by atoms with Crippen molar-refractivity contribution in [2.45, 2.75) is 6.54 Å². The monoisotopic (exact) mass is 309 g/mol. The van der Waals surface area contributed by atoms with Crippen molar-refractivity contribution in [3.63, 3.8) is 0 Å². The first-order chi connectivity index (χ1) is 9.60. The fraction of sp³-hybridized carbons (Fsp3) is 0.143. The average molecular weight is 310 g/mol. The Morgan fingerprint density at radius 1 is 1.30 bits per heavy atom. The SMILES string of the molecule is CNc1cc(C(=O)NCc2cccc(Cl)c2)c(Cl)cn1. The molecule has 0 fully saturated rings. The highest BCUT2D eigenvalue weighted by Crippen LogP contribution is 2.18. The van der Waals surface area contributed by atoms with E-state index in [-0.39, 0.29) is 5.91 Å². The van der Waals surface area contributed by atoms with Gasteiger partial charge in [0.2, 0.25) is 0 Å². The number of hydrogen-bond acceptors (Lipinski definition) is 3. The van der Waals surface area contributed by atoms with E-state index in [4.69, 9.17) is 23.2 Å². The lowest BCUT2D eigenvalue weighted by Gasteiger charge is -2.08. The molecule has 0 spiro atoms. The van der Waals surface area contributed by atoms with E-state index in [1.807, 2.05) is 12.1 Å². The van der Waals surface area contributed by atoms with Gasteiger partial charge < -0.3 is 10.6 Å². The summed E-state index contributed by atoms with van der Waals surface area (Å²) in [6.07, 6.45) is 1.45. The van der Waals surface area contributed by atoms with Crippen LogP contribution >= 0.6 is 23.2 Å². The Balaban J connectivity index is 2.08. The van der Waals surface area contributed by atoms with E-state index in [2.05, 4.69) is 15.6 Å². The molecule has 1 amide bonds. The molecule has 4 nitrogen and oxygen atoms in total. The molecule has 0 saturated carbocycles. The lowest BCUT2D eigenvalue weighted by atomic mass is 10.2. The predicted octanol–water partition coefficient (Wildman–Crippen LogP) is 3.36. The zero-order valence-corrected chi connectivity index (χ0v) is 12.3. The number of carbonyl (C=O) groups excluding carboxylic acids is 1. The van der Waals surface area contributed by atoms with E-state index in [0.29, 0.717) is 28.0 Å². The zero-order valence-electron chi connectivity index (χ0n) is 10.8. The lowest BCUT2D eigenvalue weighted by molar-refractivity contribution is 0.0951. The Morgan fingerprint density at radius 3 is 2.80 bits per heavy atom. The van der Waals surface area contributed by atoms with Gasteiger partial charge in [-0.25, -0.2) is 4.98 Å². The minimum atomic E-state index is -0.256. The normalized spacial score (nSPS) is 10.2. The Morgan fingerprint density at radius 2 is 2.10 bits per heavy atom. The second-order valence-corrected chi connectivity index (χ2v) is 4.96.